The first-order valence-corrected chi connectivity index (χ1v) is 7.39. The SMILES string of the molecule is CCNC1CCCN(CCc2ccc(F)cc2C)C1=O. The third-order valence-corrected chi connectivity index (χ3v) is 3.94. The van der Waals surface area contributed by atoms with Crippen LogP contribution < -0.4 is 5.32 Å². The van der Waals surface area contributed by atoms with Crippen LogP contribution in [0.3, 0.4) is 0 Å². The van der Waals surface area contributed by atoms with E-state index in [0.717, 1.165) is 43.5 Å². The topological polar surface area (TPSA) is 32.3 Å². The summed E-state index contributed by atoms with van der Waals surface area (Å²) >= 11 is 0. The Labute approximate surface area is 120 Å². The second-order valence-electron chi connectivity index (χ2n) is 5.40. The fourth-order valence-electron chi connectivity index (χ4n) is 2.79. The number of nitrogens with zero attached hydrogens (tertiary/aromatic N) is 1. The third kappa shape index (κ3) is 3.57. The molecule has 1 aromatic rings. The highest BCUT2D eigenvalue weighted by molar-refractivity contribution is 5.82. The number of hydrogen-bond donors (Lipinski definition) is 1. The number of likely N-dealkylation sites (tertiary alicyclic amines) is 1. The highest BCUT2D eigenvalue weighted by Crippen LogP contribution is 2.15. The molecule has 20 heavy (non-hydrogen) atoms. The molecule has 1 fully saturated rings. The van der Waals surface area contributed by atoms with Gasteiger partial charge in [-0.25, -0.2) is 4.39 Å². The van der Waals surface area contributed by atoms with E-state index in [9.17, 15) is 9.18 Å². The molecule has 2 rings (SSSR count). The van der Waals surface area contributed by atoms with Crippen LogP contribution in [0.5, 0.6) is 0 Å². The maximum Gasteiger partial charge on any atom is 0.239 e. The van der Waals surface area contributed by atoms with Crippen molar-refractivity contribution in [2.75, 3.05) is 19.6 Å². The minimum absolute atomic E-state index is 0.0249. The number of nitrogens with one attached hydrogen (secondary N) is 1. The molecule has 1 N–H and O–H groups in total. The number of rotatable bonds is 5. The van der Waals surface area contributed by atoms with Crippen LogP contribution in [0, 0.1) is 12.7 Å². The predicted molar refractivity (Wildman–Crippen MR) is 78.1 cm³/mol. The molecule has 1 amide bonds. The first-order valence-electron chi connectivity index (χ1n) is 7.39. The van der Waals surface area contributed by atoms with Crippen molar-refractivity contribution in [3.63, 3.8) is 0 Å². The van der Waals surface area contributed by atoms with Crippen molar-refractivity contribution >= 4 is 5.91 Å². The monoisotopic (exact) mass is 278 g/mol. The molecule has 110 valence electrons. The summed E-state index contributed by atoms with van der Waals surface area (Å²) < 4.78 is 13.1. The van der Waals surface area contributed by atoms with Gasteiger partial charge in [-0.1, -0.05) is 13.0 Å². The third-order valence-electron chi connectivity index (χ3n) is 3.94. The van der Waals surface area contributed by atoms with Gasteiger partial charge in [0, 0.05) is 13.1 Å². The van der Waals surface area contributed by atoms with Crippen LogP contribution in [0.4, 0.5) is 4.39 Å². The molecule has 1 heterocycles. The van der Waals surface area contributed by atoms with Crippen LogP contribution in [-0.4, -0.2) is 36.5 Å². The lowest BCUT2D eigenvalue weighted by atomic mass is 10.0. The maximum atomic E-state index is 13.1. The smallest absolute Gasteiger partial charge is 0.239 e. The van der Waals surface area contributed by atoms with Crippen molar-refractivity contribution in [1.82, 2.24) is 10.2 Å². The van der Waals surface area contributed by atoms with Crippen molar-refractivity contribution in [1.29, 1.82) is 0 Å². The van der Waals surface area contributed by atoms with Crippen LogP contribution >= 0.6 is 0 Å². The first kappa shape index (κ1) is 15.0. The zero-order chi connectivity index (χ0) is 14.5. The Kier molecular flexibility index (Phi) is 5.12. The van der Waals surface area contributed by atoms with Crippen LogP contribution in [0.15, 0.2) is 18.2 Å². The number of hydrogen-bond acceptors (Lipinski definition) is 2. The average Bonchev–Trinajstić information content (AvgIpc) is 2.42. The Bertz CT molecular complexity index is 474. The number of aryl methyl sites for hydroxylation is 1. The summed E-state index contributed by atoms with van der Waals surface area (Å²) in [6.07, 6.45) is 2.77. The fourth-order valence-corrected chi connectivity index (χ4v) is 2.79. The van der Waals surface area contributed by atoms with Gasteiger partial charge in [0.15, 0.2) is 0 Å². The molecule has 1 atom stereocenters. The Balaban J connectivity index is 1.94. The van der Waals surface area contributed by atoms with Gasteiger partial charge < -0.3 is 10.2 Å². The highest BCUT2D eigenvalue weighted by Gasteiger charge is 2.27. The second-order valence-corrected chi connectivity index (χ2v) is 5.40. The van der Waals surface area contributed by atoms with Gasteiger partial charge in [0.05, 0.1) is 6.04 Å². The van der Waals surface area contributed by atoms with E-state index >= 15 is 0 Å². The maximum absolute atomic E-state index is 13.1. The Hall–Kier alpha value is -1.42. The fraction of sp³-hybridized carbons (Fsp3) is 0.562. The zero-order valence-corrected chi connectivity index (χ0v) is 12.3. The molecule has 0 radical (unpaired) electrons. The zero-order valence-electron chi connectivity index (χ0n) is 12.3. The molecule has 0 aliphatic carbocycles. The molecule has 0 bridgehead atoms. The molecule has 1 saturated heterocycles. The summed E-state index contributed by atoms with van der Waals surface area (Å²) in [6, 6.07) is 4.83. The minimum Gasteiger partial charge on any atom is -0.341 e. The van der Waals surface area contributed by atoms with E-state index < -0.39 is 0 Å². The summed E-state index contributed by atoms with van der Waals surface area (Å²) in [6.45, 7) is 6.31. The molecule has 0 aromatic heterocycles. The Morgan fingerprint density at radius 2 is 2.25 bits per heavy atom. The number of carbonyl (C=O) groups is 1. The molecule has 1 aromatic carbocycles. The lowest BCUT2D eigenvalue weighted by molar-refractivity contribution is -0.135. The summed E-state index contributed by atoms with van der Waals surface area (Å²) in [5.74, 6) is 0.00498. The molecule has 0 saturated carbocycles. The van der Waals surface area contributed by atoms with Crippen molar-refractivity contribution < 1.29 is 9.18 Å². The second kappa shape index (κ2) is 6.84. The standard InChI is InChI=1S/C16H23FN2O/c1-3-18-15-5-4-9-19(16(15)20)10-8-13-6-7-14(17)11-12(13)2/h6-7,11,15,18H,3-5,8-10H2,1-2H3. The number of halogens is 1. The lowest BCUT2D eigenvalue weighted by Crippen LogP contribution is -2.51. The summed E-state index contributed by atoms with van der Waals surface area (Å²) in [5, 5.41) is 3.24. The van der Waals surface area contributed by atoms with Crippen LogP contribution in [0.2, 0.25) is 0 Å². The quantitative estimate of drug-likeness (QED) is 0.896. The molecule has 3 nitrogen and oxygen atoms in total. The van der Waals surface area contributed by atoms with E-state index in [2.05, 4.69) is 5.32 Å². The van der Waals surface area contributed by atoms with Gasteiger partial charge in [0.25, 0.3) is 0 Å². The summed E-state index contributed by atoms with van der Waals surface area (Å²) in [4.78, 5) is 14.2. The Morgan fingerprint density at radius 1 is 1.45 bits per heavy atom. The number of amides is 1. The normalized spacial score (nSPS) is 19.4. The van der Waals surface area contributed by atoms with Gasteiger partial charge in [-0.05, 0) is 56.0 Å². The molecule has 1 aliphatic rings. The van der Waals surface area contributed by atoms with E-state index in [-0.39, 0.29) is 17.8 Å². The number of likely N-dealkylation sites (N-methyl/N-ethyl adjacent to an activating group) is 1. The van der Waals surface area contributed by atoms with Gasteiger partial charge in [-0.3, -0.25) is 4.79 Å². The van der Waals surface area contributed by atoms with E-state index in [4.69, 9.17) is 0 Å². The van der Waals surface area contributed by atoms with Gasteiger partial charge >= 0.3 is 0 Å². The Morgan fingerprint density at radius 3 is 2.95 bits per heavy atom. The highest BCUT2D eigenvalue weighted by atomic mass is 19.1. The van der Waals surface area contributed by atoms with Crippen molar-refractivity contribution in [2.45, 2.75) is 39.2 Å². The van der Waals surface area contributed by atoms with Gasteiger partial charge in [-0.2, -0.15) is 0 Å². The molecule has 0 spiro atoms. The van der Waals surface area contributed by atoms with E-state index in [1.165, 1.54) is 6.07 Å². The first-order chi connectivity index (χ1) is 9.61. The number of carbonyl (C=O) groups excluding carboxylic acids is 1. The molecule has 1 unspecified atom stereocenters. The van der Waals surface area contributed by atoms with Crippen molar-refractivity contribution in [3.05, 3.63) is 35.1 Å². The summed E-state index contributed by atoms with van der Waals surface area (Å²) in [5.41, 5.74) is 2.07. The molecular formula is C16H23FN2O. The predicted octanol–water partition coefficient (Wildman–Crippen LogP) is 2.28. The lowest BCUT2D eigenvalue weighted by Gasteiger charge is -2.32. The number of piperidine rings is 1. The molecule has 1 aliphatic heterocycles. The van der Waals surface area contributed by atoms with Crippen LogP contribution in [0.25, 0.3) is 0 Å². The molecule has 4 heteroatoms. The van der Waals surface area contributed by atoms with E-state index in [1.807, 2.05) is 24.8 Å². The largest absolute Gasteiger partial charge is 0.341 e. The van der Waals surface area contributed by atoms with Crippen molar-refractivity contribution in [3.8, 4) is 0 Å². The summed E-state index contributed by atoms with van der Waals surface area (Å²) in [7, 11) is 0. The van der Waals surface area contributed by atoms with Crippen LogP contribution in [0.1, 0.15) is 30.9 Å². The van der Waals surface area contributed by atoms with Gasteiger partial charge in [-0.15, -0.1) is 0 Å². The average molecular weight is 278 g/mol. The van der Waals surface area contributed by atoms with Gasteiger partial charge in [0.1, 0.15) is 5.82 Å². The van der Waals surface area contributed by atoms with E-state index in [1.54, 1.807) is 6.07 Å². The molecular weight excluding hydrogens is 255 g/mol. The van der Waals surface area contributed by atoms with E-state index in [0.29, 0.717) is 6.54 Å². The van der Waals surface area contributed by atoms with Gasteiger partial charge in [0.2, 0.25) is 5.91 Å². The minimum atomic E-state index is -0.201. The number of benzene rings is 1. The van der Waals surface area contributed by atoms with Crippen LogP contribution in [-0.2, 0) is 11.2 Å². The van der Waals surface area contributed by atoms with Crippen molar-refractivity contribution in [2.24, 2.45) is 0 Å².